The van der Waals surface area contributed by atoms with Crippen LogP contribution >= 0.6 is 11.6 Å². The van der Waals surface area contributed by atoms with Crippen molar-refractivity contribution in [2.24, 2.45) is 0 Å². The molecular weight excluding hydrogens is 264 g/mol. The molecule has 1 aromatic rings. The number of hydrogen-bond acceptors (Lipinski definition) is 3. The zero-order chi connectivity index (χ0) is 13.8. The fraction of sp³-hybridized carbons (Fsp3) is 0.500. The number of nitrogens with one attached hydrogen (secondary N) is 2. The Hall–Kier alpha value is -1.26. The van der Waals surface area contributed by atoms with Gasteiger partial charge in [-0.2, -0.15) is 0 Å². The third-order valence-corrected chi connectivity index (χ3v) is 3.71. The topological polar surface area (TPSA) is 50.4 Å². The van der Waals surface area contributed by atoms with Gasteiger partial charge in [-0.25, -0.2) is 0 Å². The first kappa shape index (κ1) is 14.2. The first-order valence-electron chi connectivity index (χ1n) is 6.48. The third kappa shape index (κ3) is 3.39. The van der Waals surface area contributed by atoms with Crippen molar-refractivity contribution >= 4 is 23.2 Å². The molecule has 1 fully saturated rings. The summed E-state index contributed by atoms with van der Waals surface area (Å²) in [6, 6.07) is 4.01. The van der Waals surface area contributed by atoms with Gasteiger partial charge < -0.3 is 15.4 Å². The van der Waals surface area contributed by atoms with Gasteiger partial charge in [0.15, 0.2) is 0 Å². The van der Waals surface area contributed by atoms with E-state index in [1.807, 2.05) is 6.07 Å². The second-order valence-corrected chi connectivity index (χ2v) is 5.19. The Balaban J connectivity index is 2.34. The molecule has 1 unspecified atom stereocenters. The van der Waals surface area contributed by atoms with E-state index in [0.717, 1.165) is 24.9 Å². The van der Waals surface area contributed by atoms with Crippen LogP contribution in [0, 0.1) is 0 Å². The lowest BCUT2D eigenvalue weighted by molar-refractivity contribution is -0.114. The van der Waals surface area contributed by atoms with Gasteiger partial charge in [-0.3, -0.25) is 4.79 Å². The number of amides is 1. The highest BCUT2D eigenvalue weighted by atomic mass is 35.5. The fourth-order valence-corrected chi connectivity index (χ4v) is 2.70. The lowest BCUT2D eigenvalue weighted by Gasteiger charge is -2.18. The Bertz CT molecular complexity index is 471. The monoisotopic (exact) mass is 282 g/mol. The van der Waals surface area contributed by atoms with Gasteiger partial charge in [0.05, 0.1) is 12.8 Å². The van der Waals surface area contributed by atoms with Gasteiger partial charge in [0.2, 0.25) is 5.91 Å². The minimum absolute atomic E-state index is 0.124. The van der Waals surface area contributed by atoms with E-state index < -0.39 is 0 Å². The maximum atomic E-state index is 11.4. The van der Waals surface area contributed by atoms with Crippen LogP contribution < -0.4 is 15.4 Å². The predicted molar refractivity (Wildman–Crippen MR) is 77.0 cm³/mol. The highest BCUT2D eigenvalue weighted by molar-refractivity contribution is 6.32. The number of rotatable bonds is 4. The van der Waals surface area contributed by atoms with Gasteiger partial charge in [0.25, 0.3) is 0 Å². The maximum absolute atomic E-state index is 11.4. The molecule has 1 atom stereocenters. The fourth-order valence-electron chi connectivity index (χ4n) is 2.46. The number of hydrogen-bond donors (Lipinski definition) is 2. The molecule has 1 amide bonds. The first-order chi connectivity index (χ1) is 9.11. The van der Waals surface area contributed by atoms with Crippen LogP contribution in [0.25, 0.3) is 0 Å². The summed E-state index contributed by atoms with van der Waals surface area (Å²) in [5.74, 6) is 0.522. The molecular formula is C14H19ClN2O2. The van der Waals surface area contributed by atoms with Gasteiger partial charge >= 0.3 is 0 Å². The summed E-state index contributed by atoms with van der Waals surface area (Å²) >= 11 is 6.29. The van der Waals surface area contributed by atoms with E-state index in [1.54, 1.807) is 13.2 Å². The Morgan fingerprint density at radius 3 is 2.95 bits per heavy atom. The average Bonchev–Trinajstić information content (AvgIpc) is 2.86. The number of carbonyl (C=O) groups excluding carboxylic acids is 1. The van der Waals surface area contributed by atoms with Crippen molar-refractivity contribution < 1.29 is 9.53 Å². The SMILES string of the molecule is COc1ccc(Cl)c(CC2CCCN2)c1NC(C)=O. The standard InChI is InChI=1S/C14H19ClN2O2/c1-9(18)17-14-11(8-10-4-3-7-16-10)12(15)5-6-13(14)19-2/h5-6,10,16H,3-4,7-8H2,1-2H3,(H,17,18). The molecule has 0 spiro atoms. The summed E-state index contributed by atoms with van der Waals surface area (Å²) in [6.45, 7) is 2.53. The molecule has 2 rings (SSSR count). The van der Waals surface area contributed by atoms with Crippen LogP contribution in [0.4, 0.5) is 5.69 Å². The largest absolute Gasteiger partial charge is 0.495 e. The summed E-state index contributed by atoms with van der Waals surface area (Å²) in [7, 11) is 1.59. The Labute approximate surface area is 118 Å². The lowest BCUT2D eigenvalue weighted by atomic mass is 10.0. The number of carbonyl (C=O) groups is 1. The molecule has 1 aromatic carbocycles. The summed E-state index contributed by atoms with van der Waals surface area (Å²) in [5, 5.41) is 6.93. The van der Waals surface area contributed by atoms with E-state index in [4.69, 9.17) is 16.3 Å². The zero-order valence-corrected chi connectivity index (χ0v) is 12.0. The Morgan fingerprint density at radius 2 is 2.37 bits per heavy atom. The smallest absolute Gasteiger partial charge is 0.221 e. The highest BCUT2D eigenvalue weighted by Crippen LogP contribution is 2.35. The maximum Gasteiger partial charge on any atom is 0.221 e. The molecule has 2 N–H and O–H groups in total. The number of benzene rings is 1. The van der Waals surface area contributed by atoms with Crippen molar-refractivity contribution in [2.75, 3.05) is 19.0 Å². The minimum Gasteiger partial charge on any atom is -0.495 e. The average molecular weight is 283 g/mol. The highest BCUT2D eigenvalue weighted by Gasteiger charge is 2.20. The van der Waals surface area contributed by atoms with Crippen LogP contribution in [-0.4, -0.2) is 25.6 Å². The molecule has 1 saturated heterocycles. The molecule has 0 radical (unpaired) electrons. The zero-order valence-electron chi connectivity index (χ0n) is 11.3. The summed E-state index contributed by atoms with van der Waals surface area (Å²) in [5.41, 5.74) is 1.63. The molecule has 104 valence electrons. The van der Waals surface area contributed by atoms with Crippen LogP contribution in [0.2, 0.25) is 5.02 Å². The molecule has 0 saturated carbocycles. The molecule has 5 heteroatoms. The molecule has 0 aromatic heterocycles. The predicted octanol–water partition coefficient (Wildman–Crippen LogP) is 2.60. The van der Waals surface area contributed by atoms with Crippen molar-refractivity contribution in [3.05, 3.63) is 22.7 Å². The molecule has 1 heterocycles. The van der Waals surface area contributed by atoms with Crippen LogP contribution in [0.3, 0.4) is 0 Å². The number of anilines is 1. The third-order valence-electron chi connectivity index (χ3n) is 3.35. The molecule has 0 bridgehead atoms. The lowest BCUT2D eigenvalue weighted by Crippen LogP contribution is -2.24. The van der Waals surface area contributed by atoms with Crippen molar-refractivity contribution in [1.29, 1.82) is 0 Å². The van der Waals surface area contributed by atoms with Gasteiger partial charge in [-0.15, -0.1) is 0 Å². The number of halogens is 1. The van der Waals surface area contributed by atoms with E-state index in [1.165, 1.54) is 13.3 Å². The molecule has 4 nitrogen and oxygen atoms in total. The van der Waals surface area contributed by atoms with Crippen molar-refractivity contribution in [3.8, 4) is 5.75 Å². The second-order valence-electron chi connectivity index (χ2n) is 4.78. The van der Waals surface area contributed by atoms with Crippen LogP contribution in [-0.2, 0) is 11.2 Å². The van der Waals surface area contributed by atoms with Crippen LogP contribution in [0.5, 0.6) is 5.75 Å². The Morgan fingerprint density at radius 1 is 1.58 bits per heavy atom. The van der Waals surface area contributed by atoms with Gasteiger partial charge in [0, 0.05) is 18.0 Å². The molecule has 19 heavy (non-hydrogen) atoms. The molecule has 0 aliphatic carbocycles. The summed E-state index contributed by atoms with van der Waals surface area (Å²) < 4.78 is 5.31. The summed E-state index contributed by atoms with van der Waals surface area (Å²) in [6.07, 6.45) is 3.11. The quantitative estimate of drug-likeness (QED) is 0.892. The van der Waals surface area contributed by atoms with E-state index in [0.29, 0.717) is 22.5 Å². The van der Waals surface area contributed by atoms with E-state index in [9.17, 15) is 4.79 Å². The van der Waals surface area contributed by atoms with Crippen molar-refractivity contribution in [2.45, 2.75) is 32.2 Å². The van der Waals surface area contributed by atoms with Gasteiger partial charge in [0.1, 0.15) is 5.75 Å². The minimum atomic E-state index is -0.124. The van der Waals surface area contributed by atoms with Crippen molar-refractivity contribution in [3.63, 3.8) is 0 Å². The number of ether oxygens (including phenoxy) is 1. The molecule has 1 aliphatic heterocycles. The summed E-state index contributed by atoms with van der Waals surface area (Å²) in [4.78, 5) is 11.4. The van der Waals surface area contributed by atoms with Gasteiger partial charge in [-0.05, 0) is 43.5 Å². The van der Waals surface area contributed by atoms with Crippen molar-refractivity contribution in [1.82, 2.24) is 5.32 Å². The number of methoxy groups -OCH3 is 1. The second kappa shape index (κ2) is 6.26. The normalized spacial score (nSPS) is 18.4. The van der Waals surface area contributed by atoms with Gasteiger partial charge in [-0.1, -0.05) is 11.6 Å². The van der Waals surface area contributed by atoms with E-state index >= 15 is 0 Å². The van der Waals surface area contributed by atoms with Crippen LogP contribution in [0.15, 0.2) is 12.1 Å². The van der Waals surface area contributed by atoms with E-state index in [-0.39, 0.29) is 5.91 Å². The molecule has 1 aliphatic rings. The van der Waals surface area contributed by atoms with Crippen LogP contribution in [0.1, 0.15) is 25.3 Å². The van der Waals surface area contributed by atoms with E-state index in [2.05, 4.69) is 10.6 Å². The first-order valence-corrected chi connectivity index (χ1v) is 6.86. The Kier molecular flexibility index (Phi) is 4.66.